The third kappa shape index (κ3) is 3.80. The van der Waals surface area contributed by atoms with E-state index in [1.54, 1.807) is 44.2 Å². The molecular formula is C20H17FN2O3. The average molecular weight is 352 g/mol. The molecule has 3 rings (SSSR count). The second kappa shape index (κ2) is 7.23. The number of aryl methyl sites for hydroxylation is 2. The summed E-state index contributed by atoms with van der Waals surface area (Å²) in [5.74, 6) is -1.22. The molecule has 0 unspecified atom stereocenters. The van der Waals surface area contributed by atoms with E-state index in [9.17, 15) is 14.0 Å². The summed E-state index contributed by atoms with van der Waals surface area (Å²) in [6, 6.07) is 12.6. The minimum atomic E-state index is -0.503. The van der Waals surface area contributed by atoms with E-state index in [0.29, 0.717) is 11.3 Å². The van der Waals surface area contributed by atoms with Gasteiger partial charge in [-0.1, -0.05) is 12.1 Å². The third-order valence-electron chi connectivity index (χ3n) is 3.87. The quantitative estimate of drug-likeness (QED) is 0.724. The minimum absolute atomic E-state index is 0.0994. The second-order valence-corrected chi connectivity index (χ2v) is 5.90. The van der Waals surface area contributed by atoms with E-state index >= 15 is 0 Å². The van der Waals surface area contributed by atoms with Gasteiger partial charge in [0, 0.05) is 11.3 Å². The fourth-order valence-electron chi connectivity index (χ4n) is 2.41. The van der Waals surface area contributed by atoms with E-state index in [1.807, 2.05) is 0 Å². The Hall–Kier alpha value is -3.41. The SMILES string of the molecule is Cc1ccc(NC(=O)c2ccc(C)c(NC(=O)c3ccco3)c2)c(F)c1. The van der Waals surface area contributed by atoms with Crippen molar-refractivity contribution >= 4 is 23.2 Å². The number of hydrogen-bond donors (Lipinski definition) is 2. The van der Waals surface area contributed by atoms with Gasteiger partial charge in [0.1, 0.15) is 5.82 Å². The molecule has 2 N–H and O–H groups in total. The van der Waals surface area contributed by atoms with Gasteiger partial charge in [0.15, 0.2) is 5.76 Å². The molecule has 1 aromatic heterocycles. The van der Waals surface area contributed by atoms with E-state index in [4.69, 9.17) is 4.42 Å². The lowest BCUT2D eigenvalue weighted by Gasteiger charge is -2.11. The molecule has 2 amide bonds. The zero-order chi connectivity index (χ0) is 18.7. The lowest BCUT2D eigenvalue weighted by molar-refractivity contribution is 0.0993. The van der Waals surface area contributed by atoms with Crippen molar-refractivity contribution in [1.82, 2.24) is 0 Å². The van der Waals surface area contributed by atoms with Crippen LogP contribution in [-0.4, -0.2) is 11.8 Å². The molecule has 3 aromatic rings. The second-order valence-electron chi connectivity index (χ2n) is 5.90. The number of carbonyl (C=O) groups excluding carboxylic acids is 2. The van der Waals surface area contributed by atoms with Gasteiger partial charge in [-0.05, 0) is 61.4 Å². The van der Waals surface area contributed by atoms with Gasteiger partial charge in [-0.3, -0.25) is 9.59 Å². The van der Waals surface area contributed by atoms with Crippen molar-refractivity contribution in [2.45, 2.75) is 13.8 Å². The van der Waals surface area contributed by atoms with Crippen LogP contribution in [-0.2, 0) is 0 Å². The summed E-state index contributed by atoms with van der Waals surface area (Å²) in [5, 5.41) is 5.24. The van der Waals surface area contributed by atoms with Crippen LogP contribution in [0.1, 0.15) is 32.0 Å². The summed E-state index contributed by atoms with van der Waals surface area (Å²) in [6.07, 6.45) is 1.40. The minimum Gasteiger partial charge on any atom is -0.459 e. The van der Waals surface area contributed by atoms with Gasteiger partial charge in [-0.15, -0.1) is 0 Å². The number of hydrogen-bond acceptors (Lipinski definition) is 3. The Kier molecular flexibility index (Phi) is 4.84. The van der Waals surface area contributed by atoms with Crippen LogP contribution in [0.2, 0.25) is 0 Å². The van der Waals surface area contributed by atoms with Crippen molar-refractivity contribution < 1.29 is 18.4 Å². The molecule has 0 spiro atoms. The molecule has 0 radical (unpaired) electrons. The van der Waals surface area contributed by atoms with Crippen LogP contribution in [0.3, 0.4) is 0 Å². The first-order valence-electron chi connectivity index (χ1n) is 7.97. The van der Waals surface area contributed by atoms with E-state index in [1.165, 1.54) is 24.5 Å². The van der Waals surface area contributed by atoms with E-state index in [2.05, 4.69) is 10.6 Å². The molecule has 26 heavy (non-hydrogen) atoms. The molecule has 0 saturated heterocycles. The fraction of sp³-hybridized carbons (Fsp3) is 0.100. The molecule has 0 aliphatic carbocycles. The van der Waals surface area contributed by atoms with Crippen molar-refractivity contribution in [3.63, 3.8) is 0 Å². The Balaban J connectivity index is 1.80. The Morgan fingerprint density at radius 1 is 0.923 bits per heavy atom. The fourth-order valence-corrected chi connectivity index (χ4v) is 2.41. The van der Waals surface area contributed by atoms with Crippen LogP contribution in [0.15, 0.2) is 59.2 Å². The summed E-state index contributed by atoms with van der Waals surface area (Å²) >= 11 is 0. The number of nitrogens with one attached hydrogen (secondary N) is 2. The topological polar surface area (TPSA) is 71.3 Å². The van der Waals surface area contributed by atoms with Gasteiger partial charge in [0.05, 0.1) is 12.0 Å². The van der Waals surface area contributed by atoms with Crippen molar-refractivity contribution in [2.24, 2.45) is 0 Å². The predicted molar refractivity (Wildman–Crippen MR) is 96.9 cm³/mol. The highest BCUT2D eigenvalue weighted by molar-refractivity contribution is 6.07. The molecule has 5 nitrogen and oxygen atoms in total. The molecule has 6 heteroatoms. The number of furan rings is 1. The maximum atomic E-state index is 13.9. The van der Waals surface area contributed by atoms with Gasteiger partial charge < -0.3 is 15.1 Å². The van der Waals surface area contributed by atoms with Crippen molar-refractivity contribution in [2.75, 3.05) is 10.6 Å². The Bertz CT molecular complexity index is 965. The maximum absolute atomic E-state index is 13.9. The summed E-state index contributed by atoms with van der Waals surface area (Å²) in [6.45, 7) is 3.57. The highest BCUT2D eigenvalue weighted by Gasteiger charge is 2.14. The largest absolute Gasteiger partial charge is 0.459 e. The Morgan fingerprint density at radius 2 is 1.69 bits per heavy atom. The molecule has 132 valence electrons. The number of benzene rings is 2. The zero-order valence-corrected chi connectivity index (χ0v) is 14.3. The summed E-state index contributed by atoms with van der Waals surface area (Å²) in [4.78, 5) is 24.5. The first-order chi connectivity index (χ1) is 12.4. The van der Waals surface area contributed by atoms with Crippen molar-refractivity contribution in [3.05, 3.63) is 83.1 Å². The van der Waals surface area contributed by atoms with Crippen LogP contribution in [0.25, 0.3) is 0 Å². The van der Waals surface area contributed by atoms with Gasteiger partial charge in [-0.2, -0.15) is 0 Å². The number of amides is 2. The lowest BCUT2D eigenvalue weighted by Crippen LogP contribution is -2.15. The van der Waals surface area contributed by atoms with Crippen molar-refractivity contribution in [1.29, 1.82) is 0 Å². The van der Waals surface area contributed by atoms with E-state index in [0.717, 1.165) is 11.1 Å². The molecule has 0 atom stereocenters. The Labute approximate surface area is 149 Å². The molecule has 0 saturated carbocycles. The normalized spacial score (nSPS) is 10.4. The molecule has 0 aliphatic rings. The molecule has 0 fully saturated rings. The highest BCUT2D eigenvalue weighted by Crippen LogP contribution is 2.21. The first kappa shape index (κ1) is 17.4. The molecule has 1 heterocycles. The Morgan fingerprint density at radius 3 is 2.38 bits per heavy atom. The number of halogens is 1. The van der Waals surface area contributed by atoms with Gasteiger partial charge >= 0.3 is 0 Å². The van der Waals surface area contributed by atoms with Crippen LogP contribution < -0.4 is 10.6 Å². The first-order valence-corrected chi connectivity index (χ1v) is 7.97. The van der Waals surface area contributed by atoms with Gasteiger partial charge in [0.25, 0.3) is 11.8 Å². The third-order valence-corrected chi connectivity index (χ3v) is 3.87. The highest BCUT2D eigenvalue weighted by atomic mass is 19.1. The van der Waals surface area contributed by atoms with Crippen LogP contribution >= 0.6 is 0 Å². The summed E-state index contributed by atoms with van der Waals surface area (Å²) < 4.78 is 19.0. The molecule has 0 aliphatic heterocycles. The summed E-state index contributed by atoms with van der Waals surface area (Å²) in [7, 11) is 0. The zero-order valence-electron chi connectivity index (χ0n) is 14.3. The predicted octanol–water partition coefficient (Wildman–Crippen LogP) is 4.54. The smallest absolute Gasteiger partial charge is 0.291 e. The number of anilines is 2. The summed E-state index contributed by atoms with van der Waals surface area (Å²) in [5.41, 5.74) is 2.41. The van der Waals surface area contributed by atoms with Crippen LogP contribution in [0, 0.1) is 19.7 Å². The standard InChI is InChI=1S/C20H17FN2O3/c1-12-5-8-16(15(21)10-12)22-19(24)14-7-6-13(2)17(11-14)23-20(25)18-4-3-9-26-18/h3-11H,1-2H3,(H,22,24)(H,23,25). The van der Waals surface area contributed by atoms with Crippen molar-refractivity contribution in [3.8, 4) is 0 Å². The van der Waals surface area contributed by atoms with Gasteiger partial charge in [-0.25, -0.2) is 4.39 Å². The molecular weight excluding hydrogens is 335 g/mol. The number of rotatable bonds is 4. The van der Waals surface area contributed by atoms with Crippen LogP contribution in [0.4, 0.5) is 15.8 Å². The number of carbonyl (C=O) groups is 2. The molecule has 2 aromatic carbocycles. The maximum Gasteiger partial charge on any atom is 0.291 e. The van der Waals surface area contributed by atoms with Crippen LogP contribution in [0.5, 0.6) is 0 Å². The monoisotopic (exact) mass is 352 g/mol. The van der Waals surface area contributed by atoms with E-state index in [-0.39, 0.29) is 11.4 Å². The average Bonchev–Trinajstić information content (AvgIpc) is 3.14. The van der Waals surface area contributed by atoms with E-state index < -0.39 is 17.6 Å². The van der Waals surface area contributed by atoms with Gasteiger partial charge in [0.2, 0.25) is 0 Å². The molecule has 0 bridgehead atoms. The lowest BCUT2D eigenvalue weighted by atomic mass is 10.1.